The van der Waals surface area contributed by atoms with Crippen molar-refractivity contribution >= 4 is 11.8 Å². The van der Waals surface area contributed by atoms with Gasteiger partial charge in [-0.1, -0.05) is 18.2 Å². The zero-order valence-corrected chi connectivity index (χ0v) is 13.8. The van der Waals surface area contributed by atoms with E-state index in [4.69, 9.17) is 0 Å². The van der Waals surface area contributed by atoms with E-state index in [-0.39, 0.29) is 0 Å². The molecular formula is C16H16F6N2O3. The summed E-state index contributed by atoms with van der Waals surface area (Å²) in [6, 6.07) is 4.28. The summed E-state index contributed by atoms with van der Waals surface area (Å²) in [5, 5.41) is 12.2. The lowest BCUT2D eigenvalue weighted by Gasteiger charge is -2.20. The summed E-state index contributed by atoms with van der Waals surface area (Å²) in [4.78, 5) is 24.1. The van der Waals surface area contributed by atoms with Crippen LogP contribution in [0.5, 0.6) is 0 Å². The number of alkyl halides is 6. The lowest BCUT2D eigenvalue weighted by molar-refractivity contribution is -0.157. The number of halogens is 6. The third-order valence-electron chi connectivity index (χ3n) is 4.05. The van der Waals surface area contributed by atoms with E-state index in [1.165, 1.54) is 6.07 Å². The van der Waals surface area contributed by atoms with E-state index in [2.05, 4.69) is 5.32 Å². The van der Waals surface area contributed by atoms with Crippen LogP contribution in [0.1, 0.15) is 23.7 Å². The summed E-state index contributed by atoms with van der Waals surface area (Å²) in [7, 11) is 0. The Hall–Kier alpha value is -2.30. The Bertz CT molecular complexity index is 704. The molecule has 1 aliphatic rings. The molecule has 1 fully saturated rings. The van der Waals surface area contributed by atoms with Crippen LogP contribution < -0.4 is 5.32 Å². The summed E-state index contributed by atoms with van der Waals surface area (Å²) < 4.78 is 75.9. The van der Waals surface area contributed by atoms with Crippen molar-refractivity contribution in [1.82, 2.24) is 10.2 Å². The Morgan fingerprint density at radius 2 is 1.85 bits per heavy atom. The van der Waals surface area contributed by atoms with E-state index in [1.807, 2.05) is 0 Å². The molecule has 0 spiro atoms. The maximum Gasteiger partial charge on any atom is 0.416 e. The van der Waals surface area contributed by atoms with Gasteiger partial charge in [-0.05, 0) is 11.6 Å². The molecule has 2 rings (SSSR count). The van der Waals surface area contributed by atoms with Crippen LogP contribution in [0.2, 0.25) is 0 Å². The van der Waals surface area contributed by atoms with Crippen LogP contribution in [0.4, 0.5) is 26.3 Å². The highest BCUT2D eigenvalue weighted by atomic mass is 19.4. The van der Waals surface area contributed by atoms with Crippen molar-refractivity contribution < 1.29 is 41.0 Å². The fraction of sp³-hybridized carbons (Fsp3) is 0.500. The SMILES string of the molecule is O=C(NCC(O)c1ccccc1C(F)(F)F)C1CC(=O)N(CC(F)(F)F)C1. The van der Waals surface area contributed by atoms with Crippen LogP contribution in [0.25, 0.3) is 0 Å². The van der Waals surface area contributed by atoms with E-state index in [1.54, 1.807) is 0 Å². The summed E-state index contributed by atoms with van der Waals surface area (Å²) >= 11 is 0. The Morgan fingerprint density at radius 1 is 1.22 bits per heavy atom. The molecule has 0 radical (unpaired) electrons. The van der Waals surface area contributed by atoms with Crippen molar-refractivity contribution in [2.24, 2.45) is 5.92 Å². The van der Waals surface area contributed by atoms with E-state index in [0.717, 1.165) is 18.2 Å². The van der Waals surface area contributed by atoms with Gasteiger partial charge in [-0.25, -0.2) is 0 Å². The predicted molar refractivity (Wildman–Crippen MR) is 80.2 cm³/mol. The fourth-order valence-electron chi connectivity index (χ4n) is 2.81. The second kappa shape index (κ2) is 7.75. The zero-order valence-electron chi connectivity index (χ0n) is 13.8. The first kappa shape index (κ1) is 21.0. The van der Waals surface area contributed by atoms with Crippen LogP contribution in [0.15, 0.2) is 24.3 Å². The molecule has 150 valence electrons. The lowest BCUT2D eigenvalue weighted by atomic mass is 10.0. The number of amides is 2. The third kappa shape index (κ3) is 5.59. The Balaban J connectivity index is 1.96. The molecule has 2 atom stereocenters. The molecule has 1 aromatic rings. The number of benzene rings is 1. The van der Waals surface area contributed by atoms with E-state index in [0.29, 0.717) is 4.90 Å². The quantitative estimate of drug-likeness (QED) is 0.748. The molecule has 27 heavy (non-hydrogen) atoms. The normalized spacial score (nSPS) is 19.3. The summed E-state index contributed by atoms with van der Waals surface area (Å²) in [6.07, 6.45) is -11.4. The standard InChI is InChI=1S/C16H16F6N2O3/c17-15(18,19)8-24-7-9(5-13(24)26)14(27)23-6-12(25)10-3-1-2-4-11(10)16(20,21)22/h1-4,9,12,25H,5-8H2,(H,23,27). The molecule has 0 saturated carbocycles. The molecule has 11 heteroatoms. The number of rotatable bonds is 5. The van der Waals surface area contributed by atoms with Gasteiger partial charge in [0.05, 0.1) is 17.6 Å². The number of nitrogens with zero attached hydrogens (tertiary/aromatic N) is 1. The molecule has 0 aliphatic carbocycles. The monoisotopic (exact) mass is 398 g/mol. The number of hydrogen-bond donors (Lipinski definition) is 2. The lowest BCUT2D eigenvalue weighted by Crippen LogP contribution is -2.38. The highest BCUT2D eigenvalue weighted by molar-refractivity contribution is 5.89. The zero-order chi connectivity index (χ0) is 20.4. The average molecular weight is 398 g/mol. The first-order valence-electron chi connectivity index (χ1n) is 7.85. The van der Waals surface area contributed by atoms with Gasteiger partial charge in [0.1, 0.15) is 6.54 Å². The molecule has 0 aromatic heterocycles. The second-order valence-electron chi connectivity index (χ2n) is 6.14. The van der Waals surface area contributed by atoms with Crippen molar-refractivity contribution in [3.05, 3.63) is 35.4 Å². The topological polar surface area (TPSA) is 69.6 Å². The summed E-state index contributed by atoms with van der Waals surface area (Å²) in [5.41, 5.74) is -1.49. The van der Waals surface area contributed by atoms with Crippen LogP contribution in [-0.2, 0) is 15.8 Å². The molecule has 2 amide bonds. The van der Waals surface area contributed by atoms with Gasteiger partial charge in [0.15, 0.2) is 0 Å². The minimum Gasteiger partial charge on any atom is -0.387 e. The molecular weight excluding hydrogens is 382 g/mol. The van der Waals surface area contributed by atoms with Crippen molar-refractivity contribution in [1.29, 1.82) is 0 Å². The largest absolute Gasteiger partial charge is 0.416 e. The van der Waals surface area contributed by atoms with E-state index >= 15 is 0 Å². The van der Waals surface area contributed by atoms with Crippen LogP contribution in [-0.4, -0.2) is 47.6 Å². The summed E-state index contributed by atoms with van der Waals surface area (Å²) in [6.45, 7) is -2.49. The van der Waals surface area contributed by atoms with E-state index in [9.17, 15) is 41.0 Å². The number of likely N-dealkylation sites (tertiary alicyclic amines) is 1. The van der Waals surface area contributed by atoms with Gasteiger partial charge in [0, 0.05) is 19.5 Å². The molecule has 2 unspecified atom stereocenters. The van der Waals surface area contributed by atoms with Crippen molar-refractivity contribution in [3.63, 3.8) is 0 Å². The van der Waals surface area contributed by atoms with Gasteiger partial charge >= 0.3 is 12.4 Å². The fourth-order valence-corrected chi connectivity index (χ4v) is 2.81. The first-order valence-corrected chi connectivity index (χ1v) is 7.85. The van der Waals surface area contributed by atoms with Gasteiger partial charge < -0.3 is 15.3 Å². The Morgan fingerprint density at radius 3 is 2.44 bits per heavy atom. The van der Waals surface area contributed by atoms with Crippen LogP contribution in [0, 0.1) is 5.92 Å². The van der Waals surface area contributed by atoms with Crippen molar-refractivity contribution in [2.45, 2.75) is 24.9 Å². The number of aliphatic hydroxyl groups is 1. The van der Waals surface area contributed by atoms with Crippen molar-refractivity contribution in [2.75, 3.05) is 19.6 Å². The molecule has 1 aromatic carbocycles. The third-order valence-corrected chi connectivity index (χ3v) is 4.05. The number of nitrogens with one attached hydrogen (secondary N) is 1. The second-order valence-corrected chi connectivity index (χ2v) is 6.14. The molecule has 1 heterocycles. The van der Waals surface area contributed by atoms with Gasteiger partial charge in [-0.2, -0.15) is 26.3 Å². The highest BCUT2D eigenvalue weighted by Crippen LogP contribution is 2.34. The van der Waals surface area contributed by atoms with E-state index < -0.39 is 73.4 Å². The maximum atomic E-state index is 12.9. The number of carbonyl (C=O) groups is 2. The number of carbonyl (C=O) groups excluding carboxylic acids is 2. The Labute approximate surface area is 149 Å². The van der Waals surface area contributed by atoms with Gasteiger partial charge in [-0.3, -0.25) is 9.59 Å². The molecule has 0 bridgehead atoms. The number of aliphatic hydroxyl groups excluding tert-OH is 1. The van der Waals surface area contributed by atoms with Crippen LogP contribution >= 0.6 is 0 Å². The van der Waals surface area contributed by atoms with Gasteiger partial charge in [0.25, 0.3) is 0 Å². The van der Waals surface area contributed by atoms with Gasteiger partial charge in [-0.15, -0.1) is 0 Å². The minimum atomic E-state index is -4.70. The number of hydrogen-bond acceptors (Lipinski definition) is 3. The molecule has 2 N–H and O–H groups in total. The van der Waals surface area contributed by atoms with Crippen LogP contribution in [0.3, 0.4) is 0 Å². The smallest absolute Gasteiger partial charge is 0.387 e. The molecule has 1 saturated heterocycles. The van der Waals surface area contributed by atoms with Gasteiger partial charge in [0.2, 0.25) is 11.8 Å². The summed E-state index contributed by atoms with van der Waals surface area (Å²) in [5.74, 6) is -2.71. The first-order chi connectivity index (χ1) is 12.4. The Kier molecular flexibility index (Phi) is 6.03. The minimum absolute atomic E-state index is 0.433. The highest BCUT2D eigenvalue weighted by Gasteiger charge is 2.41. The predicted octanol–water partition coefficient (Wildman–Crippen LogP) is 2.27. The molecule has 5 nitrogen and oxygen atoms in total. The average Bonchev–Trinajstić information content (AvgIpc) is 2.90. The maximum absolute atomic E-state index is 12.9. The molecule has 1 aliphatic heterocycles. The van der Waals surface area contributed by atoms with Crippen molar-refractivity contribution in [3.8, 4) is 0 Å².